The zero-order valence-electron chi connectivity index (χ0n) is 13.4. The molecule has 1 N–H and O–H groups in total. The lowest BCUT2D eigenvalue weighted by molar-refractivity contribution is 0.193. The van der Waals surface area contributed by atoms with Crippen LogP contribution in [-0.2, 0) is 10.0 Å². The van der Waals surface area contributed by atoms with Crippen LogP contribution >= 0.6 is 31.9 Å². The number of benzene rings is 1. The summed E-state index contributed by atoms with van der Waals surface area (Å²) in [6.07, 6.45) is 3.16. The van der Waals surface area contributed by atoms with E-state index in [0.29, 0.717) is 14.9 Å². The van der Waals surface area contributed by atoms with Gasteiger partial charge >= 0.3 is 0 Å². The Balaban J connectivity index is 1.90. The molecule has 2 aliphatic rings. The molecule has 1 aromatic rings. The molecule has 0 heterocycles. The molecular weight excluding hydrogens is 444 g/mol. The van der Waals surface area contributed by atoms with Crippen LogP contribution in [0, 0.1) is 16.7 Å². The van der Waals surface area contributed by atoms with E-state index in [1.807, 2.05) is 0 Å². The summed E-state index contributed by atoms with van der Waals surface area (Å²) in [4.78, 5) is 2.63. The molecule has 7 heteroatoms. The first-order chi connectivity index (χ1) is 10.6. The van der Waals surface area contributed by atoms with Gasteiger partial charge in [-0.2, -0.15) is 13.5 Å². The maximum absolute atomic E-state index is 12.6. The van der Waals surface area contributed by atoms with Crippen molar-refractivity contribution >= 4 is 47.6 Å². The number of fused-ring (bicyclic) bond motifs is 2. The Morgan fingerprint density at radius 1 is 1.26 bits per heavy atom. The summed E-state index contributed by atoms with van der Waals surface area (Å²) in [5, 5.41) is 4.33. The van der Waals surface area contributed by atoms with Crippen molar-refractivity contribution in [2.75, 3.05) is 0 Å². The van der Waals surface area contributed by atoms with Crippen LogP contribution in [0.1, 0.15) is 40.0 Å². The number of hydrazone groups is 1. The van der Waals surface area contributed by atoms with Gasteiger partial charge in [-0.25, -0.2) is 4.83 Å². The molecule has 126 valence electrons. The lowest BCUT2D eigenvalue weighted by Gasteiger charge is -2.34. The van der Waals surface area contributed by atoms with E-state index in [2.05, 4.69) is 62.6 Å². The van der Waals surface area contributed by atoms with Gasteiger partial charge in [-0.1, -0.05) is 36.7 Å². The molecule has 2 aliphatic carbocycles. The second-order valence-electron chi connectivity index (χ2n) is 7.22. The van der Waals surface area contributed by atoms with E-state index in [-0.39, 0.29) is 15.7 Å². The van der Waals surface area contributed by atoms with Crippen LogP contribution in [0.25, 0.3) is 0 Å². The predicted molar refractivity (Wildman–Crippen MR) is 98.8 cm³/mol. The summed E-state index contributed by atoms with van der Waals surface area (Å²) in [5.74, 6) is 0.591. The maximum Gasteiger partial charge on any atom is 0.277 e. The highest BCUT2D eigenvalue weighted by Gasteiger charge is 2.60. The molecule has 4 nitrogen and oxygen atoms in total. The topological polar surface area (TPSA) is 58.5 Å². The SMILES string of the molecule is CC12CCC(C/C1=N\NS(=O)(=O)c1cc(Br)ccc1Br)C2(C)C. The Morgan fingerprint density at radius 3 is 2.52 bits per heavy atom. The molecule has 0 amide bonds. The van der Waals surface area contributed by atoms with E-state index < -0.39 is 10.0 Å². The summed E-state index contributed by atoms with van der Waals surface area (Å²) < 4.78 is 26.4. The van der Waals surface area contributed by atoms with Crippen molar-refractivity contribution in [1.29, 1.82) is 0 Å². The molecule has 0 spiro atoms. The van der Waals surface area contributed by atoms with Gasteiger partial charge in [0.2, 0.25) is 0 Å². The molecule has 3 rings (SSSR count). The molecule has 0 aliphatic heterocycles. The van der Waals surface area contributed by atoms with Gasteiger partial charge in [0.15, 0.2) is 0 Å². The number of rotatable bonds is 3. The van der Waals surface area contributed by atoms with Gasteiger partial charge in [0, 0.05) is 20.1 Å². The molecule has 2 fully saturated rings. The molecule has 0 aromatic heterocycles. The number of hydrogen-bond acceptors (Lipinski definition) is 3. The Morgan fingerprint density at radius 2 is 1.96 bits per heavy atom. The van der Waals surface area contributed by atoms with Crippen LogP contribution in [0.15, 0.2) is 37.1 Å². The van der Waals surface area contributed by atoms with Crippen molar-refractivity contribution in [2.45, 2.75) is 44.9 Å². The third-order valence-electron chi connectivity index (χ3n) is 6.00. The van der Waals surface area contributed by atoms with Crippen molar-refractivity contribution in [3.8, 4) is 0 Å². The first kappa shape index (κ1) is 17.4. The largest absolute Gasteiger partial charge is 0.277 e. The summed E-state index contributed by atoms with van der Waals surface area (Å²) in [6, 6.07) is 5.06. The summed E-state index contributed by atoms with van der Waals surface area (Å²) in [5.41, 5.74) is 1.14. The fourth-order valence-corrected chi connectivity index (χ4v) is 6.28. The van der Waals surface area contributed by atoms with Gasteiger partial charge < -0.3 is 0 Å². The third-order valence-corrected chi connectivity index (χ3v) is 8.69. The fraction of sp³-hybridized carbons (Fsp3) is 0.562. The number of halogens is 2. The molecule has 2 bridgehead atoms. The highest BCUT2D eigenvalue weighted by molar-refractivity contribution is 9.11. The van der Waals surface area contributed by atoms with Crippen molar-refractivity contribution in [2.24, 2.45) is 21.8 Å². The molecule has 2 unspecified atom stereocenters. The molecule has 0 radical (unpaired) electrons. The zero-order valence-corrected chi connectivity index (χ0v) is 17.3. The van der Waals surface area contributed by atoms with Gasteiger partial charge in [0.1, 0.15) is 4.90 Å². The van der Waals surface area contributed by atoms with Crippen LogP contribution in [-0.4, -0.2) is 14.1 Å². The summed E-state index contributed by atoms with van der Waals surface area (Å²) in [6.45, 7) is 6.75. The van der Waals surface area contributed by atoms with Crippen LogP contribution in [0.2, 0.25) is 0 Å². The molecule has 2 atom stereocenters. The summed E-state index contributed by atoms with van der Waals surface area (Å²) in [7, 11) is -3.70. The van der Waals surface area contributed by atoms with Crippen LogP contribution in [0.3, 0.4) is 0 Å². The van der Waals surface area contributed by atoms with E-state index in [9.17, 15) is 8.42 Å². The molecule has 2 saturated carbocycles. The van der Waals surface area contributed by atoms with Crippen molar-refractivity contribution in [3.63, 3.8) is 0 Å². The molecule has 1 aromatic carbocycles. The molecule has 23 heavy (non-hydrogen) atoms. The van der Waals surface area contributed by atoms with Gasteiger partial charge in [-0.3, -0.25) is 0 Å². The van der Waals surface area contributed by atoms with Crippen LogP contribution in [0.5, 0.6) is 0 Å². The predicted octanol–water partition coefficient (Wildman–Crippen LogP) is 4.69. The minimum atomic E-state index is -3.70. The first-order valence-electron chi connectivity index (χ1n) is 7.62. The second kappa shape index (κ2) is 5.56. The smallest absolute Gasteiger partial charge is 0.200 e. The monoisotopic (exact) mass is 462 g/mol. The number of nitrogens with zero attached hydrogens (tertiary/aromatic N) is 1. The van der Waals surface area contributed by atoms with E-state index in [1.54, 1.807) is 18.2 Å². The van der Waals surface area contributed by atoms with E-state index in [0.717, 1.165) is 18.6 Å². The van der Waals surface area contributed by atoms with Crippen molar-refractivity contribution in [1.82, 2.24) is 4.83 Å². The number of nitrogens with one attached hydrogen (secondary N) is 1. The second-order valence-corrected chi connectivity index (χ2v) is 10.6. The van der Waals surface area contributed by atoms with Crippen LogP contribution in [0.4, 0.5) is 0 Å². The number of hydrogen-bond donors (Lipinski definition) is 1. The molecular formula is C16H20Br2N2O2S. The normalized spacial score (nSPS) is 30.8. The third kappa shape index (κ3) is 2.68. The highest BCUT2D eigenvalue weighted by Crippen LogP contribution is 2.63. The van der Waals surface area contributed by atoms with Gasteiger partial charge in [-0.05, 0) is 64.7 Å². The van der Waals surface area contributed by atoms with Crippen molar-refractivity contribution < 1.29 is 8.42 Å². The van der Waals surface area contributed by atoms with Crippen molar-refractivity contribution in [3.05, 3.63) is 27.1 Å². The minimum Gasteiger partial charge on any atom is -0.200 e. The number of sulfonamides is 1. The van der Waals surface area contributed by atoms with Gasteiger partial charge in [-0.15, -0.1) is 0 Å². The quantitative estimate of drug-likeness (QED) is 0.660. The van der Waals surface area contributed by atoms with E-state index in [1.165, 1.54) is 6.42 Å². The minimum absolute atomic E-state index is 0.0192. The molecule has 0 saturated heterocycles. The average molecular weight is 464 g/mol. The zero-order chi connectivity index (χ0) is 17.0. The fourth-order valence-electron chi connectivity index (χ4n) is 3.95. The van der Waals surface area contributed by atoms with Gasteiger partial charge in [0.05, 0.1) is 0 Å². The Hall–Kier alpha value is -0.400. The Labute approximate surface area is 154 Å². The van der Waals surface area contributed by atoms with E-state index in [4.69, 9.17) is 0 Å². The first-order valence-corrected chi connectivity index (χ1v) is 10.7. The van der Waals surface area contributed by atoms with E-state index >= 15 is 0 Å². The van der Waals surface area contributed by atoms with Crippen LogP contribution < -0.4 is 4.83 Å². The Bertz CT molecular complexity index is 789. The highest BCUT2D eigenvalue weighted by atomic mass is 79.9. The lowest BCUT2D eigenvalue weighted by Crippen LogP contribution is -2.34. The lowest BCUT2D eigenvalue weighted by atomic mass is 9.70. The maximum atomic E-state index is 12.6. The summed E-state index contributed by atoms with van der Waals surface area (Å²) >= 11 is 6.60. The standard InChI is InChI=1S/C16H20Br2N2O2S/c1-15(2)10-6-7-16(15,3)14(8-10)19-20-23(21,22)13-9-11(17)4-5-12(13)18/h4-5,9-10,20H,6-8H2,1-3H3/b19-14+. The Kier molecular flexibility index (Phi) is 4.21. The average Bonchev–Trinajstić information content (AvgIpc) is 2.80. The van der Waals surface area contributed by atoms with Gasteiger partial charge in [0.25, 0.3) is 10.0 Å².